The van der Waals surface area contributed by atoms with Gasteiger partial charge in [0.2, 0.25) is 5.89 Å². The van der Waals surface area contributed by atoms with Crippen molar-refractivity contribution in [1.29, 1.82) is 0 Å². The van der Waals surface area contributed by atoms with Crippen molar-refractivity contribution in [2.45, 2.75) is 20.3 Å². The van der Waals surface area contributed by atoms with Gasteiger partial charge < -0.3 is 18.9 Å². The summed E-state index contributed by atoms with van der Waals surface area (Å²) in [7, 11) is 0. The first-order valence-electron chi connectivity index (χ1n) is 10.2. The van der Waals surface area contributed by atoms with E-state index in [9.17, 15) is 9.18 Å². The van der Waals surface area contributed by atoms with Crippen LogP contribution in [-0.4, -0.2) is 28.9 Å². The Labute approximate surface area is 193 Å². The third-order valence-electron chi connectivity index (χ3n) is 4.62. The lowest BCUT2D eigenvalue weighted by atomic mass is 10.1. The number of nitrogens with one attached hydrogen (secondary N) is 1. The normalized spacial score (nSPS) is 10.1. The van der Waals surface area contributed by atoms with E-state index in [2.05, 4.69) is 15.5 Å². The van der Waals surface area contributed by atoms with Crippen LogP contribution in [0.1, 0.15) is 29.8 Å². The zero-order valence-corrected chi connectivity index (χ0v) is 18.3. The van der Waals surface area contributed by atoms with Crippen molar-refractivity contribution in [3.8, 4) is 28.9 Å². The summed E-state index contributed by atoms with van der Waals surface area (Å²) in [6.45, 7) is 4.23. The maximum atomic E-state index is 14.5. The maximum absolute atomic E-state index is 14.5. The van der Waals surface area contributed by atoms with Crippen LogP contribution in [0.4, 0.5) is 10.1 Å². The second kappa shape index (κ2) is 11.3. The predicted octanol–water partition coefficient (Wildman–Crippen LogP) is 4.77. The molecule has 0 radical (unpaired) electrons. The van der Waals surface area contributed by atoms with Crippen LogP contribution < -0.4 is 10.1 Å². The molecule has 0 aliphatic rings. The van der Waals surface area contributed by atoms with Crippen molar-refractivity contribution in [3.63, 3.8) is 0 Å². The van der Waals surface area contributed by atoms with Crippen molar-refractivity contribution in [3.05, 3.63) is 71.7 Å². The Morgan fingerprint density at radius 2 is 1.85 bits per heavy atom. The number of nitrogens with zero attached hydrogens (tertiary/aromatic N) is 2. The van der Waals surface area contributed by atoms with Crippen molar-refractivity contribution in [1.82, 2.24) is 10.2 Å². The van der Waals surface area contributed by atoms with Crippen LogP contribution in [0.2, 0.25) is 0 Å². The fourth-order valence-electron chi connectivity index (χ4n) is 3.04. The minimum Gasteiger partial charge on any atom is -0.493 e. The van der Waals surface area contributed by atoms with E-state index < -0.39 is 11.7 Å². The molecule has 0 fully saturated rings. The Hall–Kier alpha value is -4.56. The molecule has 0 spiro atoms. The Bertz CT molecular complexity index is 1290. The SMILES string of the molecule is CCOc1ccc(CC)cc1C(=O)Nc1cc(-c2nnc(-c3ccco3)o2)ccc1F.O=C=O. The van der Waals surface area contributed by atoms with Gasteiger partial charge in [0.05, 0.1) is 24.1 Å². The van der Waals surface area contributed by atoms with E-state index in [1.54, 1.807) is 24.3 Å². The molecule has 4 aromatic rings. The molecule has 1 N–H and O–H groups in total. The molecule has 0 unspecified atom stereocenters. The van der Waals surface area contributed by atoms with Gasteiger partial charge in [-0.2, -0.15) is 9.59 Å². The number of aromatic nitrogens is 2. The molecule has 9 nitrogen and oxygen atoms in total. The summed E-state index contributed by atoms with van der Waals surface area (Å²) in [5.41, 5.74) is 1.75. The fraction of sp³-hybridized carbons (Fsp3) is 0.167. The lowest BCUT2D eigenvalue weighted by Gasteiger charge is -2.13. The minimum atomic E-state index is -0.590. The molecule has 0 aliphatic heterocycles. The van der Waals surface area contributed by atoms with Gasteiger partial charge in [-0.15, -0.1) is 10.2 Å². The number of benzene rings is 2. The summed E-state index contributed by atoms with van der Waals surface area (Å²) in [6.07, 6.45) is 2.50. The van der Waals surface area contributed by atoms with Crippen LogP contribution in [0, 0.1) is 5.82 Å². The van der Waals surface area contributed by atoms with E-state index in [0.717, 1.165) is 12.0 Å². The second-order valence-corrected chi connectivity index (χ2v) is 6.74. The molecular formula is C24H20FN3O6. The predicted molar refractivity (Wildman–Crippen MR) is 117 cm³/mol. The molecular weight excluding hydrogens is 445 g/mol. The van der Waals surface area contributed by atoms with E-state index in [1.165, 1.54) is 24.5 Å². The van der Waals surface area contributed by atoms with Crippen LogP contribution in [0.25, 0.3) is 23.1 Å². The number of furan rings is 1. The number of hydrogen-bond donors (Lipinski definition) is 1. The van der Waals surface area contributed by atoms with Crippen LogP contribution in [0.3, 0.4) is 0 Å². The van der Waals surface area contributed by atoms with Crippen molar-refractivity contribution < 1.29 is 32.3 Å². The second-order valence-electron chi connectivity index (χ2n) is 6.74. The number of amides is 1. The molecule has 2 aromatic carbocycles. The Kier molecular flexibility index (Phi) is 8.04. The molecule has 0 atom stereocenters. The van der Waals surface area contributed by atoms with Crippen LogP contribution in [0.5, 0.6) is 5.75 Å². The first-order chi connectivity index (χ1) is 16.5. The monoisotopic (exact) mass is 465 g/mol. The topological polar surface area (TPSA) is 125 Å². The first kappa shape index (κ1) is 24.1. The van der Waals surface area contributed by atoms with Gasteiger partial charge in [0, 0.05) is 5.56 Å². The van der Waals surface area contributed by atoms with E-state index in [4.69, 9.17) is 23.2 Å². The third-order valence-corrected chi connectivity index (χ3v) is 4.62. The van der Waals surface area contributed by atoms with E-state index >= 15 is 0 Å². The largest absolute Gasteiger partial charge is 0.493 e. The minimum absolute atomic E-state index is 0.00963. The van der Waals surface area contributed by atoms with Crippen LogP contribution in [0.15, 0.2) is 63.6 Å². The van der Waals surface area contributed by atoms with E-state index in [1.807, 2.05) is 19.9 Å². The lowest BCUT2D eigenvalue weighted by molar-refractivity contribution is -0.191. The molecule has 174 valence electrons. The number of carbonyl (C=O) groups is 1. The average Bonchev–Trinajstić information content (AvgIpc) is 3.54. The highest BCUT2D eigenvalue weighted by Crippen LogP contribution is 2.28. The Balaban J connectivity index is 0.00000103. The number of carbonyl (C=O) groups excluding carboxylic acids is 3. The quantitative estimate of drug-likeness (QED) is 0.414. The van der Waals surface area contributed by atoms with Crippen molar-refractivity contribution in [2.24, 2.45) is 0 Å². The van der Waals surface area contributed by atoms with Gasteiger partial charge in [-0.25, -0.2) is 4.39 Å². The Morgan fingerprint density at radius 3 is 2.53 bits per heavy atom. The van der Waals surface area contributed by atoms with Gasteiger partial charge in [0.25, 0.3) is 11.8 Å². The molecule has 0 aliphatic carbocycles. The molecule has 0 bridgehead atoms. The average molecular weight is 465 g/mol. The molecule has 10 heteroatoms. The number of halogens is 1. The van der Waals surface area contributed by atoms with Crippen LogP contribution in [-0.2, 0) is 16.0 Å². The summed E-state index contributed by atoms with van der Waals surface area (Å²) >= 11 is 0. The van der Waals surface area contributed by atoms with Gasteiger partial charge in [-0.1, -0.05) is 13.0 Å². The van der Waals surface area contributed by atoms with Gasteiger partial charge in [0.1, 0.15) is 11.6 Å². The number of rotatable bonds is 7. The fourth-order valence-corrected chi connectivity index (χ4v) is 3.04. The molecule has 2 heterocycles. The smallest absolute Gasteiger partial charge is 0.373 e. The number of ether oxygens (including phenoxy) is 1. The summed E-state index contributed by atoms with van der Waals surface area (Å²) in [5, 5.41) is 10.5. The molecule has 4 rings (SSSR count). The molecule has 0 saturated heterocycles. The summed E-state index contributed by atoms with van der Waals surface area (Å²) < 4.78 is 30.9. The van der Waals surface area contributed by atoms with Crippen molar-refractivity contribution >= 4 is 17.7 Å². The highest BCUT2D eigenvalue weighted by molar-refractivity contribution is 6.06. The summed E-state index contributed by atoms with van der Waals surface area (Å²) in [5.74, 6) is 0.170. The van der Waals surface area contributed by atoms with Gasteiger partial charge >= 0.3 is 6.15 Å². The zero-order valence-electron chi connectivity index (χ0n) is 18.3. The zero-order chi connectivity index (χ0) is 24.5. The third kappa shape index (κ3) is 5.62. The highest BCUT2D eigenvalue weighted by atomic mass is 19.1. The summed E-state index contributed by atoms with van der Waals surface area (Å²) in [4.78, 5) is 29.2. The first-order valence-corrected chi connectivity index (χ1v) is 10.2. The Morgan fingerprint density at radius 1 is 1.09 bits per heavy atom. The van der Waals surface area contributed by atoms with Crippen LogP contribution >= 0.6 is 0 Å². The van der Waals surface area contributed by atoms with Gasteiger partial charge in [0.15, 0.2) is 5.76 Å². The lowest BCUT2D eigenvalue weighted by Crippen LogP contribution is -2.15. The molecule has 2 aromatic heterocycles. The highest BCUT2D eigenvalue weighted by Gasteiger charge is 2.18. The van der Waals surface area contributed by atoms with Crippen molar-refractivity contribution in [2.75, 3.05) is 11.9 Å². The van der Waals surface area contributed by atoms with E-state index in [0.29, 0.717) is 29.2 Å². The maximum Gasteiger partial charge on any atom is 0.373 e. The number of aryl methyl sites for hydroxylation is 1. The summed E-state index contributed by atoms with van der Waals surface area (Å²) in [6, 6.07) is 12.9. The standard InChI is InChI=1S/C23H20FN3O4.CO2/c1-3-14-7-10-19(29-4-2)16(12-14)21(28)25-18-13-15(8-9-17(18)24)22-26-27-23(31-22)20-6-5-11-30-20;2-1-3/h5-13H,3-4H2,1-2H3,(H,25,28);. The number of hydrogen-bond acceptors (Lipinski definition) is 8. The van der Waals surface area contributed by atoms with E-state index in [-0.39, 0.29) is 23.6 Å². The number of anilines is 1. The van der Waals surface area contributed by atoms with Gasteiger partial charge in [-0.3, -0.25) is 4.79 Å². The van der Waals surface area contributed by atoms with Gasteiger partial charge in [-0.05, 0) is 61.4 Å². The molecule has 0 saturated carbocycles. The molecule has 1 amide bonds. The molecule has 34 heavy (non-hydrogen) atoms.